The number of nitrogens with one attached hydrogen (secondary N) is 2. The van der Waals surface area contributed by atoms with Gasteiger partial charge < -0.3 is 20.4 Å². The molecule has 2 N–H and O–H groups in total. The highest BCUT2D eigenvalue weighted by Crippen LogP contribution is 2.33. The van der Waals surface area contributed by atoms with E-state index in [4.69, 9.17) is 20.1 Å². The fraction of sp³-hybridized carbons (Fsp3) is 0.688. The first kappa shape index (κ1) is 29.7. The number of pyridine rings is 1. The van der Waals surface area contributed by atoms with E-state index in [9.17, 15) is 0 Å². The highest BCUT2D eigenvalue weighted by molar-refractivity contribution is 5.97. The van der Waals surface area contributed by atoms with Crippen molar-refractivity contribution in [1.82, 2.24) is 34.5 Å². The Bertz CT molecular complexity index is 1250. The van der Waals surface area contributed by atoms with Gasteiger partial charge in [-0.25, -0.2) is 15.0 Å². The summed E-state index contributed by atoms with van der Waals surface area (Å²) in [6.45, 7) is 12.7. The lowest BCUT2D eigenvalue weighted by molar-refractivity contribution is 0.126. The van der Waals surface area contributed by atoms with Crippen LogP contribution in [0.2, 0.25) is 0 Å². The minimum Gasteiger partial charge on any atom is -0.371 e. The molecule has 0 aliphatic carbocycles. The summed E-state index contributed by atoms with van der Waals surface area (Å²) in [5, 5.41) is 11.8. The van der Waals surface area contributed by atoms with Crippen LogP contribution in [0.1, 0.15) is 83.9 Å². The van der Waals surface area contributed by atoms with Crippen molar-refractivity contribution in [3.8, 4) is 11.1 Å². The van der Waals surface area contributed by atoms with Gasteiger partial charge in [0, 0.05) is 56.2 Å². The maximum Gasteiger partial charge on any atom is 0.153 e. The average Bonchev–Trinajstić information content (AvgIpc) is 3.48. The van der Waals surface area contributed by atoms with E-state index in [1.807, 2.05) is 19.4 Å². The Hall–Kier alpha value is -2.78. The van der Waals surface area contributed by atoms with E-state index < -0.39 is 0 Å². The number of rotatable bonds is 12. The summed E-state index contributed by atoms with van der Waals surface area (Å²) in [6.07, 6.45) is 16.5. The summed E-state index contributed by atoms with van der Waals surface area (Å²) in [7, 11) is 4.14. The Kier molecular flexibility index (Phi) is 10.1. The van der Waals surface area contributed by atoms with E-state index in [1.54, 1.807) is 0 Å². The van der Waals surface area contributed by atoms with Gasteiger partial charge in [0.25, 0.3) is 0 Å². The molecule has 0 aromatic carbocycles. The zero-order valence-electron chi connectivity index (χ0n) is 26.0. The van der Waals surface area contributed by atoms with E-state index in [0.717, 1.165) is 103 Å². The molecule has 2 aliphatic rings. The number of anilines is 2. The molecule has 0 saturated carbocycles. The van der Waals surface area contributed by atoms with Gasteiger partial charge in [0.05, 0.1) is 17.9 Å². The highest BCUT2D eigenvalue weighted by atomic mass is 15.3. The number of fused-ring (bicyclic) bond motifs is 1. The van der Waals surface area contributed by atoms with Gasteiger partial charge in [0.2, 0.25) is 0 Å². The molecule has 0 spiro atoms. The second kappa shape index (κ2) is 13.9. The number of nitrogens with zero attached hydrogens (tertiary/aromatic N) is 7. The number of piperidine rings is 2. The molecule has 2 saturated heterocycles. The van der Waals surface area contributed by atoms with Crippen molar-refractivity contribution in [1.29, 1.82) is 0 Å². The second-order valence-corrected chi connectivity index (χ2v) is 12.2. The molecule has 5 heterocycles. The molecular weight excluding hydrogens is 510 g/mol. The molecule has 5 rings (SSSR count). The Morgan fingerprint density at radius 3 is 2.29 bits per heavy atom. The summed E-state index contributed by atoms with van der Waals surface area (Å²) in [5.74, 6) is 2.53. The van der Waals surface area contributed by atoms with Crippen molar-refractivity contribution >= 4 is 22.7 Å². The first-order chi connectivity index (χ1) is 20.0. The van der Waals surface area contributed by atoms with Crippen LogP contribution in [-0.2, 0) is 6.42 Å². The normalized spacial score (nSPS) is 18.0. The van der Waals surface area contributed by atoms with Crippen LogP contribution >= 0.6 is 0 Å². The Labute approximate surface area is 246 Å². The van der Waals surface area contributed by atoms with E-state index >= 15 is 0 Å². The van der Waals surface area contributed by atoms with Crippen LogP contribution in [-0.4, -0.2) is 87.4 Å². The maximum atomic E-state index is 5.23. The highest BCUT2D eigenvalue weighted by Gasteiger charge is 2.26. The number of likely N-dealkylation sites (tertiary alicyclic amines) is 2. The van der Waals surface area contributed by atoms with Gasteiger partial charge in [-0.15, -0.1) is 0 Å². The quantitative estimate of drug-likeness (QED) is 0.285. The summed E-state index contributed by atoms with van der Waals surface area (Å²) in [4.78, 5) is 20.2. The lowest BCUT2D eigenvalue weighted by Crippen LogP contribution is -2.41. The standard InChI is InChI=1S/C32H51N9/c1-6-9-25(10-7-2)36-31-28(8-3)37-30-29(38-31)27(20-34-32(30)33-4)24-19-35-41(22-24)26-13-17-40(18-14-26)21-23-11-15-39(5)16-12-23/h19-20,22-23,25-26H,6-18,21H2,1-5H3,(H,33,34)(H,36,38). The first-order valence-electron chi connectivity index (χ1n) is 16.1. The number of aryl methyl sites for hydroxylation is 1. The molecule has 9 heteroatoms. The van der Waals surface area contributed by atoms with Gasteiger partial charge in [-0.05, 0) is 71.0 Å². The monoisotopic (exact) mass is 561 g/mol. The van der Waals surface area contributed by atoms with E-state index in [-0.39, 0.29) is 0 Å². The molecule has 224 valence electrons. The SMILES string of the molecule is CCCC(CCC)Nc1nc2c(-c3cnn(C4CCN(CC5CCN(C)CC5)CC4)c3)cnc(NC)c2nc1CC. The van der Waals surface area contributed by atoms with Gasteiger partial charge in [-0.2, -0.15) is 5.10 Å². The largest absolute Gasteiger partial charge is 0.371 e. The topological polar surface area (TPSA) is 87.0 Å². The molecule has 0 amide bonds. The van der Waals surface area contributed by atoms with Crippen molar-refractivity contribution < 1.29 is 0 Å². The molecule has 2 fully saturated rings. The van der Waals surface area contributed by atoms with Crippen molar-refractivity contribution in [2.75, 3.05) is 57.5 Å². The molecule has 41 heavy (non-hydrogen) atoms. The molecule has 0 bridgehead atoms. The summed E-state index contributed by atoms with van der Waals surface area (Å²) in [6, 6.07) is 0.844. The third kappa shape index (κ3) is 7.00. The Morgan fingerprint density at radius 2 is 1.63 bits per heavy atom. The summed E-state index contributed by atoms with van der Waals surface area (Å²) < 4.78 is 2.19. The summed E-state index contributed by atoms with van der Waals surface area (Å²) >= 11 is 0. The third-order valence-corrected chi connectivity index (χ3v) is 9.16. The predicted molar refractivity (Wildman–Crippen MR) is 170 cm³/mol. The lowest BCUT2D eigenvalue weighted by Gasteiger charge is -2.36. The van der Waals surface area contributed by atoms with Crippen molar-refractivity contribution in [3.05, 3.63) is 24.3 Å². The van der Waals surface area contributed by atoms with Crippen LogP contribution < -0.4 is 10.6 Å². The molecule has 0 unspecified atom stereocenters. The predicted octanol–water partition coefficient (Wildman–Crippen LogP) is 5.85. The number of hydrogen-bond donors (Lipinski definition) is 2. The molecule has 0 atom stereocenters. The fourth-order valence-corrected chi connectivity index (χ4v) is 6.66. The molecule has 3 aromatic heterocycles. The van der Waals surface area contributed by atoms with Crippen LogP contribution in [0.4, 0.5) is 11.6 Å². The fourth-order valence-electron chi connectivity index (χ4n) is 6.66. The van der Waals surface area contributed by atoms with Crippen LogP contribution in [0.25, 0.3) is 22.2 Å². The average molecular weight is 562 g/mol. The van der Waals surface area contributed by atoms with Gasteiger partial charge >= 0.3 is 0 Å². The maximum absolute atomic E-state index is 5.23. The number of aromatic nitrogens is 5. The number of hydrogen-bond acceptors (Lipinski definition) is 8. The van der Waals surface area contributed by atoms with Crippen LogP contribution in [0, 0.1) is 5.92 Å². The first-order valence-corrected chi connectivity index (χ1v) is 16.1. The summed E-state index contributed by atoms with van der Waals surface area (Å²) in [5.41, 5.74) is 4.74. The van der Waals surface area contributed by atoms with Gasteiger partial charge in [-0.3, -0.25) is 4.68 Å². The van der Waals surface area contributed by atoms with Crippen LogP contribution in [0.15, 0.2) is 18.6 Å². The van der Waals surface area contributed by atoms with Crippen molar-refractivity contribution in [3.63, 3.8) is 0 Å². The molecule has 3 aromatic rings. The zero-order chi connectivity index (χ0) is 28.8. The minimum atomic E-state index is 0.407. The third-order valence-electron chi connectivity index (χ3n) is 9.16. The van der Waals surface area contributed by atoms with E-state index in [1.165, 1.54) is 32.5 Å². The smallest absolute Gasteiger partial charge is 0.153 e. The van der Waals surface area contributed by atoms with Gasteiger partial charge in [0.15, 0.2) is 5.82 Å². The minimum absolute atomic E-state index is 0.407. The van der Waals surface area contributed by atoms with Crippen molar-refractivity contribution in [2.45, 2.75) is 90.6 Å². The Balaban J connectivity index is 1.35. The molecule has 9 nitrogen and oxygen atoms in total. The van der Waals surface area contributed by atoms with Crippen LogP contribution in [0.3, 0.4) is 0 Å². The molecule has 0 radical (unpaired) electrons. The van der Waals surface area contributed by atoms with Gasteiger partial charge in [0.1, 0.15) is 16.9 Å². The van der Waals surface area contributed by atoms with Crippen molar-refractivity contribution in [2.24, 2.45) is 5.92 Å². The van der Waals surface area contributed by atoms with Gasteiger partial charge in [-0.1, -0.05) is 33.6 Å². The second-order valence-electron chi connectivity index (χ2n) is 12.2. The van der Waals surface area contributed by atoms with E-state index in [2.05, 4.69) is 59.1 Å². The molecule has 2 aliphatic heterocycles. The van der Waals surface area contributed by atoms with Crippen LogP contribution in [0.5, 0.6) is 0 Å². The lowest BCUT2D eigenvalue weighted by atomic mass is 9.95. The Morgan fingerprint density at radius 1 is 0.902 bits per heavy atom. The molecular formula is C32H51N9. The van der Waals surface area contributed by atoms with E-state index in [0.29, 0.717) is 12.1 Å². The zero-order valence-corrected chi connectivity index (χ0v) is 26.0.